The summed E-state index contributed by atoms with van der Waals surface area (Å²) >= 11 is 0. The van der Waals surface area contributed by atoms with Crippen molar-refractivity contribution in [3.63, 3.8) is 0 Å². The molecule has 1 aliphatic rings. The van der Waals surface area contributed by atoms with Gasteiger partial charge in [-0.2, -0.15) is 0 Å². The number of hydrogen-bond acceptors (Lipinski definition) is 3. The van der Waals surface area contributed by atoms with Crippen LogP contribution in [0.2, 0.25) is 0 Å². The number of hydrogen-bond donors (Lipinski definition) is 0. The van der Waals surface area contributed by atoms with Crippen molar-refractivity contribution >= 4 is 11.8 Å². The van der Waals surface area contributed by atoms with Crippen LogP contribution >= 0.6 is 0 Å². The van der Waals surface area contributed by atoms with Crippen LogP contribution in [0.1, 0.15) is 48.4 Å². The SMILES string of the molecule is CCCOC(=O)C1CCC[N+](CC(=O)Cc2c(C)cccc2C)(Cc2ccccc2)C1. The summed E-state index contributed by atoms with van der Waals surface area (Å²) in [5.41, 5.74) is 4.69. The summed E-state index contributed by atoms with van der Waals surface area (Å²) in [6.07, 6.45) is 3.08. The highest BCUT2D eigenvalue weighted by molar-refractivity contribution is 5.82. The van der Waals surface area contributed by atoms with Crippen molar-refractivity contribution in [1.29, 1.82) is 0 Å². The van der Waals surface area contributed by atoms with E-state index in [9.17, 15) is 9.59 Å². The van der Waals surface area contributed by atoms with E-state index in [1.165, 1.54) is 16.7 Å². The molecule has 2 unspecified atom stereocenters. The Labute approximate surface area is 186 Å². The largest absolute Gasteiger partial charge is 0.465 e. The van der Waals surface area contributed by atoms with Crippen LogP contribution < -0.4 is 0 Å². The number of rotatable bonds is 9. The van der Waals surface area contributed by atoms with E-state index in [4.69, 9.17) is 4.74 Å². The van der Waals surface area contributed by atoms with Crippen LogP contribution in [0.3, 0.4) is 0 Å². The average molecular weight is 423 g/mol. The van der Waals surface area contributed by atoms with E-state index in [0.717, 1.165) is 37.9 Å². The maximum Gasteiger partial charge on any atom is 0.314 e. The van der Waals surface area contributed by atoms with E-state index in [1.54, 1.807) is 0 Å². The second kappa shape index (κ2) is 10.7. The third kappa shape index (κ3) is 6.27. The molecule has 2 aromatic rings. The molecule has 31 heavy (non-hydrogen) atoms. The minimum Gasteiger partial charge on any atom is -0.465 e. The summed E-state index contributed by atoms with van der Waals surface area (Å²) in [6, 6.07) is 16.5. The second-order valence-corrected chi connectivity index (χ2v) is 9.14. The molecule has 1 heterocycles. The van der Waals surface area contributed by atoms with Gasteiger partial charge in [0.15, 0.2) is 5.78 Å². The maximum absolute atomic E-state index is 13.3. The zero-order valence-electron chi connectivity index (χ0n) is 19.2. The lowest BCUT2D eigenvalue weighted by Gasteiger charge is -2.43. The lowest BCUT2D eigenvalue weighted by Crippen LogP contribution is -2.57. The van der Waals surface area contributed by atoms with Crippen LogP contribution in [0.5, 0.6) is 0 Å². The molecule has 1 aliphatic heterocycles. The molecule has 0 spiro atoms. The summed E-state index contributed by atoms with van der Waals surface area (Å²) in [5.74, 6) is 0.0206. The monoisotopic (exact) mass is 422 g/mol. The molecule has 0 N–H and O–H groups in total. The first kappa shape index (κ1) is 23.2. The van der Waals surface area contributed by atoms with E-state index in [0.29, 0.717) is 30.6 Å². The van der Waals surface area contributed by atoms with Gasteiger partial charge in [0.25, 0.3) is 0 Å². The second-order valence-electron chi connectivity index (χ2n) is 9.14. The Morgan fingerprint density at radius 2 is 1.74 bits per heavy atom. The molecule has 1 saturated heterocycles. The van der Waals surface area contributed by atoms with Gasteiger partial charge in [0.1, 0.15) is 19.0 Å². The summed E-state index contributed by atoms with van der Waals surface area (Å²) in [6.45, 7) is 9.46. The van der Waals surface area contributed by atoms with Gasteiger partial charge in [-0.25, -0.2) is 0 Å². The highest BCUT2D eigenvalue weighted by atomic mass is 16.5. The molecule has 0 bridgehead atoms. The van der Waals surface area contributed by atoms with E-state index in [1.807, 2.05) is 31.2 Å². The quantitative estimate of drug-likeness (QED) is 0.431. The van der Waals surface area contributed by atoms with E-state index in [2.05, 4.69) is 38.1 Å². The highest BCUT2D eigenvalue weighted by Gasteiger charge is 2.40. The Morgan fingerprint density at radius 3 is 2.42 bits per heavy atom. The normalized spacial score (nSPS) is 20.9. The Balaban J connectivity index is 1.80. The van der Waals surface area contributed by atoms with Gasteiger partial charge in [0.2, 0.25) is 0 Å². The third-order valence-electron chi connectivity index (χ3n) is 6.47. The van der Waals surface area contributed by atoms with Crippen molar-refractivity contribution in [2.24, 2.45) is 5.92 Å². The number of carbonyl (C=O) groups excluding carboxylic acids is 2. The standard InChI is InChI=1S/C27H36NO3/c1-4-16-31-27(30)24-14-9-15-28(19-24,18-23-12-6-5-7-13-23)20-25(29)17-26-21(2)10-8-11-22(26)3/h5-8,10-13,24H,4,9,14-20H2,1-3H3/q+1. The molecule has 2 atom stereocenters. The average Bonchev–Trinajstić information content (AvgIpc) is 2.75. The molecule has 166 valence electrons. The van der Waals surface area contributed by atoms with Gasteiger partial charge < -0.3 is 9.22 Å². The number of quaternary nitrogens is 1. The van der Waals surface area contributed by atoms with Gasteiger partial charge in [0, 0.05) is 12.0 Å². The minimum absolute atomic E-state index is 0.0979. The lowest BCUT2D eigenvalue weighted by atomic mass is 9.93. The van der Waals surface area contributed by atoms with Gasteiger partial charge in [-0.15, -0.1) is 0 Å². The minimum atomic E-state index is -0.128. The molecule has 0 amide bonds. The van der Waals surface area contributed by atoms with E-state index in [-0.39, 0.29) is 17.7 Å². The number of nitrogens with zero attached hydrogens (tertiary/aromatic N) is 1. The number of Topliss-reactive ketones (excluding diaryl/α,β-unsaturated/α-hetero) is 1. The van der Waals surface area contributed by atoms with Crippen LogP contribution in [0.25, 0.3) is 0 Å². The van der Waals surface area contributed by atoms with Crippen molar-refractivity contribution in [2.45, 2.75) is 53.0 Å². The maximum atomic E-state index is 13.3. The third-order valence-corrected chi connectivity index (χ3v) is 6.47. The summed E-state index contributed by atoms with van der Waals surface area (Å²) in [4.78, 5) is 25.9. The Kier molecular flexibility index (Phi) is 8.03. The molecule has 4 nitrogen and oxygen atoms in total. The van der Waals surface area contributed by atoms with Crippen molar-refractivity contribution in [3.05, 3.63) is 70.8 Å². The molecule has 0 radical (unpaired) electrons. The lowest BCUT2D eigenvalue weighted by molar-refractivity contribution is -0.940. The van der Waals surface area contributed by atoms with Crippen molar-refractivity contribution < 1.29 is 18.8 Å². The van der Waals surface area contributed by atoms with Gasteiger partial charge in [-0.1, -0.05) is 55.5 Å². The number of carbonyl (C=O) groups is 2. The molecule has 1 fully saturated rings. The van der Waals surface area contributed by atoms with Crippen molar-refractivity contribution in [3.8, 4) is 0 Å². The van der Waals surface area contributed by atoms with Crippen LogP contribution in [0.15, 0.2) is 48.5 Å². The van der Waals surface area contributed by atoms with Gasteiger partial charge in [0.05, 0.1) is 19.7 Å². The zero-order chi connectivity index (χ0) is 22.3. The van der Waals surface area contributed by atoms with Crippen LogP contribution in [0.4, 0.5) is 0 Å². The first-order chi connectivity index (χ1) is 14.9. The summed E-state index contributed by atoms with van der Waals surface area (Å²) < 4.78 is 6.11. The number of benzene rings is 2. The zero-order valence-corrected chi connectivity index (χ0v) is 19.2. The number of likely N-dealkylation sites (tertiary alicyclic amines) is 1. The smallest absolute Gasteiger partial charge is 0.314 e. The van der Waals surface area contributed by atoms with Gasteiger partial charge in [-0.05, 0) is 49.8 Å². The molecule has 0 aromatic heterocycles. The Bertz CT molecular complexity index is 872. The first-order valence-electron chi connectivity index (χ1n) is 11.5. The number of aryl methyl sites for hydroxylation is 2. The number of esters is 1. The van der Waals surface area contributed by atoms with Gasteiger partial charge >= 0.3 is 5.97 Å². The highest BCUT2D eigenvalue weighted by Crippen LogP contribution is 2.28. The fraction of sp³-hybridized carbons (Fsp3) is 0.481. The molecular formula is C27H36NO3+. The summed E-state index contributed by atoms with van der Waals surface area (Å²) in [5, 5.41) is 0. The molecule has 0 aliphatic carbocycles. The molecule has 2 aromatic carbocycles. The fourth-order valence-electron chi connectivity index (χ4n) is 4.90. The van der Waals surface area contributed by atoms with Crippen molar-refractivity contribution in [2.75, 3.05) is 26.2 Å². The van der Waals surface area contributed by atoms with E-state index < -0.39 is 0 Å². The van der Waals surface area contributed by atoms with Crippen molar-refractivity contribution in [1.82, 2.24) is 0 Å². The topological polar surface area (TPSA) is 43.4 Å². The molecule has 0 saturated carbocycles. The van der Waals surface area contributed by atoms with Gasteiger partial charge in [-0.3, -0.25) is 9.59 Å². The molecule has 3 rings (SSSR count). The Morgan fingerprint density at radius 1 is 1.03 bits per heavy atom. The first-order valence-corrected chi connectivity index (χ1v) is 11.5. The number of ketones is 1. The van der Waals surface area contributed by atoms with E-state index >= 15 is 0 Å². The number of ether oxygens (including phenoxy) is 1. The van der Waals surface area contributed by atoms with Crippen LogP contribution in [-0.2, 0) is 27.3 Å². The summed E-state index contributed by atoms with van der Waals surface area (Å²) in [7, 11) is 0. The molecule has 4 heteroatoms. The van der Waals surface area contributed by atoms with Crippen LogP contribution in [-0.4, -0.2) is 42.5 Å². The predicted molar refractivity (Wildman–Crippen MR) is 124 cm³/mol. The predicted octanol–water partition coefficient (Wildman–Crippen LogP) is 4.80. The molecular weight excluding hydrogens is 386 g/mol. The fourth-order valence-corrected chi connectivity index (χ4v) is 4.90. The van der Waals surface area contributed by atoms with Crippen LogP contribution in [0, 0.1) is 19.8 Å². The number of piperidine rings is 1. The Hall–Kier alpha value is -2.46.